The Morgan fingerprint density at radius 3 is 2.51 bits per heavy atom. The number of aromatic nitrogens is 3. The van der Waals surface area contributed by atoms with Gasteiger partial charge in [0.2, 0.25) is 5.89 Å². The number of benzene rings is 1. The third kappa shape index (κ3) is 4.89. The third-order valence-electron chi connectivity index (χ3n) is 7.56. The summed E-state index contributed by atoms with van der Waals surface area (Å²) in [7, 11) is 0. The van der Waals surface area contributed by atoms with E-state index in [4.69, 9.17) is 4.42 Å². The van der Waals surface area contributed by atoms with Gasteiger partial charge in [-0.15, -0.1) is 0 Å². The first-order chi connectivity index (χ1) is 17.4. The Hall–Kier alpha value is -3.20. The highest BCUT2D eigenvalue weighted by Crippen LogP contribution is 2.47. The molecule has 4 rings (SSSR count). The molecule has 2 heterocycles. The summed E-state index contributed by atoms with van der Waals surface area (Å²) in [6.07, 6.45) is 2.87. The maximum absolute atomic E-state index is 14.5. The SMILES string of the molecule is CCN(C[C@@]1(C(C)C)CC[C@H](C)c2cc(-c3c(F)cccc3F)nnc21)C(=O)c1coc(C(C)(C)O)n1. The largest absolute Gasteiger partial charge is 0.445 e. The van der Waals surface area contributed by atoms with Crippen molar-refractivity contribution in [1.29, 1.82) is 0 Å². The van der Waals surface area contributed by atoms with Crippen LogP contribution in [0.15, 0.2) is 34.9 Å². The number of amides is 1. The maximum atomic E-state index is 14.5. The fourth-order valence-corrected chi connectivity index (χ4v) is 5.16. The summed E-state index contributed by atoms with van der Waals surface area (Å²) in [6.45, 7) is 12.0. The van der Waals surface area contributed by atoms with Gasteiger partial charge in [0.15, 0.2) is 5.69 Å². The second-order valence-electron chi connectivity index (χ2n) is 10.8. The first kappa shape index (κ1) is 26.9. The first-order valence-electron chi connectivity index (χ1n) is 12.7. The number of hydrogen-bond acceptors (Lipinski definition) is 6. The molecule has 1 aromatic carbocycles. The van der Waals surface area contributed by atoms with Crippen molar-refractivity contribution in [2.45, 2.75) is 71.3 Å². The molecule has 7 nitrogen and oxygen atoms in total. The number of hydrogen-bond donors (Lipinski definition) is 1. The number of rotatable bonds is 7. The van der Waals surface area contributed by atoms with Crippen LogP contribution in [0.4, 0.5) is 8.78 Å². The van der Waals surface area contributed by atoms with Gasteiger partial charge in [0.1, 0.15) is 23.5 Å². The van der Waals surface area contributed by atoms with Crippen LogP contribution in [0.3, 0.4) is 0 Å². The summed E-state index contributed by atoms with van der Waals surface area (Å²) in [5, 5.41) is 19.0. The number of fused-ring (bicyclic) bond motifs is 1. The van der Waals surface area contributed by atoms with Crippen molar-refractivity contribution < 1.29 is 23.1 Å². The second-order valence-corrected chi connectivity index (χ2v) is 10.8. The van der Waals surface area contributed by atoms with Crippen LogP contribution in [-0.2, 0) is 11.0 Å². The van der Waals surface area contributed by atoms with Crippen LogP contribution in [-0.4, -0.2) is 44.2 Å². The standard InChI is InChI=1S/C28H34F2N4O3/c1-7-34(25(35)22-14-37-26(31-22)27(5,6)36)15-28(16(2)3)12-11-17(4)18-13-21(32-33-24(18)28)23-19(29)9-8-10-20(23)30/h8-10,13-14,16-17,36H,7,11-12,15H2,1-6H3/t17-,28+/m0/s1. The lowest BCUT2D eigenvalue weighted by atomic mass is 9.63. The number of aliphatic hydroxyl groups is 1. The van der Waals surface area contributed by atoms with E-state index in [-0.39, 0.29) is 40.6 Å². The highest BCUT2D eigenvalue weighted by Gasteiger charge is 2.45. The number of halogens is 2. The van der Waals surface area contributed by atoms with Crippen LogP contribution in [0, 0.1) is 17.6 Å². The number of oxazole rings is 1. The molecule has 37 heavy (non-hydrogen) atoms. The molecular formula is C28H34F2N4O3. The fourth-order valence-electron chi connectivity index (χ4n) is 5.16. The lowest BCUT2D eigenvalue weighted by Crippen LogP contribution is -2.49. The van der Waals surface area contributed by atoms with E-state index in [1.54, 1.807) is 24.8 Å². The van der Waals surface area contributed by atoms with Crippen molar-refractivity contribution >= 4 is 5.91 Å². The van der Waals surface area contributed by atoms with Gasteiger partial charge in [-0.05, 0) is 69.2 Å². The van der Waals surface area contributed by atoms with Gasteiger partial charge < -0.3 is 14.4 Å². The van der Waals surface area contributed by atoms with E-state index < -0.39 is 22.7 Å². The molecular weight excluding hydrogens is 478 g/mol. The molecule has 0 radical (unpaired) electrons. The highest BCUT2D eigenvalue weighted by molar-refractivity contribution is 5.92. The van der Waals surface area contributed by atoms with Crippen molar-refractivity contribution in [1.82, 2.24) is 20.1 Å². The van der Waals surface area contributed by atoms with Crippen molar-refractivity contribution in [3.05, 3.63) is 65.0 Å². The van der Waals surface area contributed by atoms with Crippen molar-refractivity contribution in [3.63, 3.8) is 0 Å². The average molecular weight is 513 g/mol. The maximum Gasteiger partial charge on any atom is 0.275 e. The Morgan fingerprint density at radius 2 is 1.95 bits per heavy atom. The number of nitrogens with zero attached hydrogens (tertiary/aromatic N) is 4. The third-order valence-corrected chi connectivity index (χ3v) is 7.56. The number of likely N-dealkylation sites (N-methyl/N-ethyl adjacent to an activating group) is 1. The van der Waals surface area contributed by atoms with Crippen LogP contribution in [0.25, 0.3) is 11.3 Å². The van der Waals surface area contributed by atoms with Crippen LogP contribution in [0.2, 0.25) is 0 Å². The molecule has 1 amide bonds. The van der Waals surface area contributed by atoms with E-state index >= 15 is 0 Å². The van der Waals surface area contributed by atoms with Gasteiger partial charge in [0.05, 0.1) is 17.0 Å². The quantitative estimate of drug-likeness (QED) is 0.444. The van der Waals surface area contributed by atoms with Gasteiger partial charge in [-0.1, -0.05) is 26.8 Å². The molecule has 3 aromatic rings. The van der Waals surface area contributed by atoms with E-state index in [2.05, 4.69) is 36.0 Å². The monoisotopic (exact) mass is 512 g/mol. The Balaban J connectivity index is 1.74. The minimum Gasteiger partial charge on any atom is -0.445 e. The first-order valence-corrected chi connectivity index (χ1v) is 12.7. The molecule has 0 aliphatic heterocycles. The van der Waals surface area contributed by atoms with E-state index in [1.165, 1.54) is 24.5 Å². The summed E-state index contributed by atoms with van der Waals surface area (Å²) >= 11 is 0. The lowest BCUT2D eigenvalue weighted by molar-refractivity contribution is 0.0482. The smallest absolute Gasteiger partial charge is 0.275 e. The van der Waals surface area contributed by atoms with Crippen molar-refractivity contribution in [2.24, 2.45) is 5.92 Å². The van der Waals surface area contributed by atoms with Gasteiger partial charge >= 0.3 is 0 Å². The van der Waals surface area contributed by atoms with Crippen molar-refractivity contribution in [2.75, 3.05) is 13.1 Å². The van der Waals surface area contributed by atoms with Gasteiger partial charge in [0.25, 0.3) is 5.91 Å². The van der Waals surface area contributed by atoms with E-state index in [0.29, 0.717) is 13.1 Å². The molecule has 1 aliphatic rings. The Labute approximate surface area is 215 Å². The van der Waals surface area contributed by atoms with Gasteiger partial charge in [0, 0.05) is 18.5 Å². The van der Waals surface area contributed by atoms with Crippen LogP contribution < -0.4 is 0 Å². The molecule has 0 bridgehead atoms. The molecule has 9 heteroatoms. The molecule has 1 N–H and O–H groups in total. The zero-order chi connectivity index (χ0) is 27.1. The average Bonchev–Trinajstić information content (AvgIpc) is 3.35. The molecule has 2 atom stereocenters. The summed E-state index contributed by atoms with van der Waals surface area (Å²) in [5.41, 5.74) is -0.0880. The van der Waals surface area contributed by atoms with E-state index in [0.717, 1.165) is 24.1 Å². The van der Waals surface area contributed by atoms with E-state index in [9.17, 15) is 18.7 Å². The fraction of sp³-hybridized carbons (Fsp3) is 0.500. The zero-order valence-corrected chi connectivity index (χ0v) is 22.2. The van der Waals surface area contributed by atoms with Gasteiger partial charge in [-0.3, -0.25) is 4.79 Å². The van der Waals surface area contributed by atoms with E-state index in [1.807, 2.05) is 6.92 Å². The molecule has 0 saturated carbocycles. The van der Waals surface area contributed by atoms with Crippen LogP contribution >= 0.6 is 0 Å². The molecule has 0 fully saturated rings. The Kier molecular flexibility index (Phi) is 7.21. The summed E-state index contributed by atoms with van der Waals surface area (Å²) in [6, 6.07) is 5.48. The van der Waals surface area contributed by atoms with Gasteiger partial charge in [-0.2, -0.15) is 10.2 Å². The molecule has 0 spiro atoms. The predicted molar refractivity (Wildman–Crippen MR) is 135 cm³/mol. The number of carbonyl (C=O) groups excluding carboxylic acids is 1. The second kappa shape index (κ2) is 9.93. The Bertz CT molecular complexity index is 1280. The molecule has 0 saturated heterocycles. The molecule has 1 aliphatic carbocycles. The molecule has 0 unspecified atom stereocenters. The van der Waals surface area contributed by atoms with Crippen molar-refractivity contribution in [3.8, 4) is 11.3 Å². The minimum atomic E-state index is -1.31. The topological polar surface area (TPSA) is 92.4 Å². The lowest BCUT2D eigenvalue weighted by Gasteiger charge is -2.45. The normalized spacial score (nSPS) is 19.7. The summed E-state index contributed by atoms with van der Waals surface area (Å²) in [4.78, 5) is 19.4. The summed E-state index contributed by atoms with van der Waals surface area (Å²) < 4.78 is 34.4. The molecule has 2 aromatic heterocycles. The van der Waals surface area contributed by atoms with Gasteiger partial charge in [-0.25, -0.2) is 13.8 Å². The van der Waals surface area contributed by atoms with Crippen LogP contribution in [0.1, 0.15) is 87.9 Å². The zero-order valence-electron chi connectivity index (χ0n) is 22.2. The highest BCUT2D eigenvalue weighted by atomic mass is 19.1. The predicted octanol–water partition coefficient (Wildman–Crippen LogP) is 5.59. The minimum absolute atomic E-state index is 0.0704. The van der Waals surface area contributed by atoms with Crippen LogP contribution in [0.5, 0.6) is 0 Å². The summed E-state index contributed by atoms with van der Waals surface area (Å²) in [5.74, 6) is -1.40. The molecule has 198 valence electrons. The number of carbonyl (C=O) groups is 1. The Morgan fingerprint density at radius 1 is 1.27 bits per heavy atom.